The molecule has 0 fully saturated rings. The van der Waals surface area contributed by atoms with E-state index in [9.17, 15) is 86.4 Å². The monoisotopic (exact) mass is 752 g/mol. The number of rotatable bonds is 11. The molecule has 0 atom stereocenters. The molecule has 0 aromatic carbocycles. The minimum atomic E-state index is -8.05. The van der Waals surface area contributed by atoms with Gasteiger partial charge in [0, 0.05) is 0 Å². The van der Waals surface area contributed by atoms with E-state index in [0.29, 0.717) is 5.92 Å². The summed E-state index contributed by atoms with van der Waals surface area (Å²) in [4.78, 5) is 0. The van der Waals surface area contributed by atoms with Gasteiger partial charge in [-0.25, -0.2) is 4.43 Å². The van der Waals surface area contributed by atoms with Crippen molar-refractivity contribution in [3.8, 4) is 0 Å². The summed E-state index contributed by atoms with van der Waals surface area (Å²) in [6, 6.07) is 0. The first-order chi connectivity index (χ1) is 17.7. The summed E-state index contributed by atoms with van der Waals surface area (Å²) in [5.74, 6) is 0.553. The summed E-state index contributed by atoms with van der Waals surface area (Å²) < 4.78 is 250. The second kappa shape index (κ2) is 13.1. The highest BCUT2D eigenvalue weighted by Gasteiger charge is 2.64. The number of alkyl halides is 12. The van der Waals surface area contributed by atoms with Gasteiger partial charge in [-0.3, -0.25) is 0 Å². The van der Waals surface area contributed by atoms with E-state index in [1.54, 1.807) is 0 Å². The van der Waals surface area contributed by atoms with Crippen LogP contribution in [0.25, 0.3) is 0 Å². The van der Waals surface area contributed by atoms with Crippen molar-refractivity contribution >= 4 is 55.7 Å². The number of hydrogen-bond acceptors (Lipinski definition) is 13. The van der Waals surface area contributed by atoms with Crippen molar-refractivity contribution in [2.24, 2.45) is 5.92 Å². The first-order valence-corrected chi connectivity index (χ1v) is 18.5. The van der Waals surface area contributed by atoms with Crippen molar-refractivity contribution in [3.05, 3.63) is 6.61 Å². The van der Waals surface area contributed by atoms with Crippen LogP contribution in [0.1, 0.15) is 13.8 Å². The van der Waals surface area contributed by atoms with Crippen molar-refractivity contribution in [1.29, 1.82) is 0 Å². The second-order valence-electron chi connectivity index (χ2n) is 8.17. The quantitative estimate of drug-likeness (QED) is 0.129. The molecule has 0 unspecified atom stereocenters. The van der Waals surface area contributed by atoms with Gasteiger partial charge in [-0.1, -0.05) is 0 Å². The molecule has 0 saturated carbocycles. The van der Waals surface area contributed by atoms with E-state index in [0.717, 1.165) is 0 Å². The molecule has 13 nitrogen and oxygen atoms in total. The molecule has 31 heteroatoms. The Morgan fingerprint density at radius 2 is 0.714 bits per heavy atom. The zero-order valence-electron chi connectivity index (χ0n) is 20.7. The van der Waals surface area contributed by atoms with Crippen molar-refractivity contribution < 1.29 is 107 Å². The second-order valence-corrected chi connectivity index (χ2v) is 18.9. The van der Waals surface area contributed by atoms with E-state index < -0.39 is 77.8 Å². The Morgan fingerprint density at radius 3 is 0.810 bits per heavy atom. The van der Waals surface area contributed by atoms with Crippen LogP contribution in [0, 0.1) is 12.5 Å². The number of hydrogen-bond donors (Lipinski definition) is 0. The average Bonchev–Trinajstić information content (AvgIpc) is 2.60. The summed E-state index contributed by atoms with van der Waals surface area (Å²) in [6.45, 7) is 4.86. The fraction of sp³-hybridized carbons (Fsp3) is 0.909. The Kier molecular flexibility index (Phi) is 13.4. The summed E-state index contributed by atoms with van der Waals surface area (Å²) in [5, 5.41) is 0. The van der Waals surface area contributed by atoms with E-state index >= 15 is 0 Å². The van der Waals surface area contributed by atoms with Gasteiger partial charge in [-0.05, 0) is 33.5 Å². The van der Waals surface area contributed by atoms with Gasteiger partial charge < -0.3 is 16.4 Å². The molecule has 0 spiro atoms. The first kappa shape index (κ1) is 43.0. The predicted octanol–water partition coefficient (Wildman–Crippen LogP) is 3.54. The van der Waals surface area contributed by atoms with Crippen LogP contribution >= 0.6 is 0 Å². The lowest BCUT2D eigenvalue weighted by Gasteiger charge is -2.37. The van der Waals surface area contributed by atoms with E-state index in [4.69, 9.17) is 4.43 Å². The Bertz CT molecular complexity index is 1150. The molecule has 0 N–H and O–H groups in total. The highest BCUT2D eigenvalue weighted by atomic mass is 32.2. The van der Waals surface area contributed by atoms with E-state index in [1.165, 1.54) is 0 Å². The summed E-state index contributed by atoms with van der Waals surface area (Å²) >= 11 is 0. The van der Waals surface area contributed by atoms with Gasteiger partial charge in [0.25, 0.3) is 8.32 Å². The number of halogens is 12. The Labute approximate surface area is 231 Å². The molecular weight excluding hydrogens is 735 g/mol. The topological polar surface area (TPSA) is 183 Å². The van der Waals surface area contributed by atoms with Gasteiger partial charge in [0.1, 0.15) is 5.92 Å². The van der Waals surface area contributed by atoms with E-state index in [2.05, 4.69) is 49.9 Å². The Hall–Kier alpha value is -1.09. The largest absolute Gasteiger partial charge is 0.587 e. The zero-order chi connectivity index (χ0) is 34.8. The van der Waals surface area contributed by atoms with E-state index in [1.807, 2.05) is 6.61 Å². The highest BCUT2D eigenvalue weighted by Crippen LogP contribution is 2.39. The highest BCUT2D eigenvalue weighted by molar-refractivity contribution is 7.93. The van der Waals surface area contributed by atoms with Gasteiger partial charge >= 0.3 is 69.5 Å². The van der Waals surface area contributed by atoms with Gasteiger partial charge in [0.15, 0.2) is 0 Å². The maximum absolute atomic E-state index is 12.4. The summed E-state index contributed by atoms with van der Waals surface area (Å²) in [7, 11) is -33.5. The Morgan fingerprint density at radius 1 is 0.524 bits per heavy atom. The van der Waals surface area contributed by atoms with Crippen LogP contribution in [0.5, 0.6) is 0 Å². The van der Waals surface area contributed by atoms with Crippen LogP contribution in [0.15, 0.2) is 0 Å². The van der Waals surface area contributed by atoms with Crippen molar-refractivity contribution in [3.63, 3.8) is 0 Å². The average molecular weight is 752 g/mol. The molecule has 0 amide bonds. The zero-order valence-corrected chi connectivity index (χ0v) is 25.0. The minimum absolute atomic E-state index is 0.553. The maximum atomic E-state index is 12.4. The molecule has 254 valence electrons. The lowest BCUT2D eigenvalue weighted by Crippen LogP contribution is -2.59. The van der Waals surface area contributed by atoms with Crippen LogP contribution < -0.4 is 0 Å². The van der Waals surface area contributed by atoms with Gasteiger partial charge in [-0.15, -0.1) is 0 Å². The molecule has 0 saturated heterocycles. The summed E-state index contributed by atoms with van der Waals surface area (Å²) in [6.07, 6.45) is 0. The fourth-order valence-corrected chi connectivity index (χ4v) is 4.40. The third-order valence-electron chi connectivity index (χ3n) is 2.81. The molecule has 0 aliphatic heterocycles. The molecular formula is C11H17BF12O13S4Si. The van der Waals surface area contributed by atoms with Crippen LogP contribution in [-0.4, -0.2) is 71.0 Å². The van der Waals surface area contributed by atoms with Crippen molar-refractivity contribution in [2.75, 3.05) is 0 Å². The van der Waals surface area contributed by atoms with Crippen LogP contribution in [0.4, 0.5) is 52.7 Å². The fourth-order valence-electron chi connectivity index (χ4n) is 1.28. The molecule has 0 radical (unpaired) electrons. The molecule has 0 heterocycles. The third-order valence-corrected chi connectivity index (χ3v) is 7.87. The molecule has 42 heavy (non-hydrogen) atoms. The van der Waals surface area contributed by atoms with Crippen LogP contribution in [-0.2, 0) is 61.3 Å². The molecule has 0 aliphatic rings. The maximum Gasteiger partial charge on any atom is 0.587 e. The van der Waals surface area contributed by atoms with Crippen molar-refractivity contribution in [1.82, 2.24) is 0 Å². The van der Waals surface area contributed by atoms with Crippen LogP contribution in [0.3, 0.4) is 0 Å². The van der Waals surface area contributed by atoms with E-state index in [-0.39, 0.29) is 0 Å². The first-order valence-electron chi connectivity index (χ1n) is 9.45. The Balaban J connectivity index is 0. The lowest BCUT2D eigenvalue weighted by atomic mass is 10.1. The molecule has 0 aromatic rings. The minimum Gasteiger partial charge on any atom is -0.398 e. The lowest BCUT2D eigenvalue weighted by molar-refractivity contribution is -0.0651. The molecule has 0 aromatic heterocycles. The molecule has 0 aliphatic carbocycles. The third kappa shape index (κ3) is 13.3. The molecule has 0 rings (SSSR count). The normalized spacial score (nSPS) is 15.3. The smallest absolute Gasteiger partial charge is 0.398 e. The standard InChI is InChI=1S/C7H17OSi.C4BF12O12S4/c1-7(2)6-8-9(3,4)5;6-1(7,8)30(18,19)26-5(27-31(20,21)2(9,10)11,28-32(22,23)3(12,13)14)29-33(24,25)4(15,16)17/h6-7H,1-5H3;/q+1;-1. The molecule has 0 bridgehead atoms. The summed E-state index contributed by atoms with van der Waals surface area (Å²) in [5.41, 5.74) is -28.5. The predicted molar refractivity (Wildman–Crippen MR) is 114 cm³/mol. The van der Waals surface area contributed by atoms with Gasteiger partial charge in [0.05, 0.1) is 0 Å². The van der Waals surface area contributed by atoms with Crippen LogP contribution in [0.2, 0.25) is 19.6 Å². The SMILES string of the molecule is CC(C)[CH+]O[Si](C)(C)C.O=S(=O)(O[B-](OS(=O)(=O)C(F)(F)F)(OS(=O)(=O)C(F)(F)F)OS(=O)(=O)C(F)(F)F)C(F)(F)F. The van der Waals surface area contributed by atoms with Gasteiger partial charge in [0.2, 0.25) is 6.61 Å². The van der Waals surface area contributed by atoms with Gasteiger partial charge in [-0.2, -0.15) is 86.4 Å². The van der Waals surface area contributed by atoms with Crippen molar-refractivity contribution in [2.45, 2.75) is 55.5 Å².